The van der Waals surface area contributed by atoms with Crippen molar-refractivity contribution in [3.05, 3.63) is 0 Å². The lowest BCUT2D eigenvalue weighted by molar-refractivity contribution is -0.155. The van der Waals surface area contributed by atoms with E-state index in [1.54, 1.807) is 20.8 Å². The molecule has 0 spiro atoms. The van der Waals surface area contributed by atoms with Gasteiger partial charge in [-0.3, -0.25) is 9.59 Å². The molecule has 6 heteroatoms. The molecule has 0 radical (unpaired) electrons. The first-order valence-electron chi connectivity index (χ1n) is 6.45. The molecule has 1 N–H and O–H groups in total. The third kappa shape index (κ3) is 5.72. The first-order chi connectivity index (χ1) is 8.81. The minimum absolute atomic E-state index is 0.00938. The summed E-state index contributed by atoms with van der Waals surface area (Å²) >= 11 is 0. The fourth-order valence-corrected chi connectivity index (χ4v) is 2.09. The average Bonchev–Trinajstić information content (AvgIpc) is 2.27. The van der Waals surface area contributed by atoms with Crippen LogP contribution in [0.4, 0.5) is 4.79 Å². The van der Waals surface area contributed by atoms with Gasteiger partial charge in [0.25, 0.3) is 0 Å². The quantitative estimate of drug-likeness (QED) is 0.480. The van der Waals surface area contributed by atoms with Crippen LogP contribution in [0.3, 0.4) is 0 Å². The number of carbonyl (C=O) groups is 3. The molecule has 1 fully saturated rings. The Labute approximate surface area is 112 Å². The molecule has 19 heavy (non-hydrogen) atoms. The lowest BCUT2D eigenvalue weighted by Gasteiger charge is -2.28. The Morgan fingerprint density at radius 2 is 1.74 bits per heavy atom. The second-order valence-corrected chi connectivity index (χ2v) is 5.73. The predicted molar refractivity (Wildman–Crippen MR) is 67.3 cm³/mol. The number of nitrogens with one attached hydrogen (secondary N) is 1. The molecule has 0 aromatic rings. The summed E-state index contributed by atoms with van der Waals surface area (Å²) in [6.45, 7) is 5.57. The Morgan fingerprint density at radius 3 is 2.21 bits per heavy atom. The van der Waals surface area contributed by atoms with Crippen LogP contribution in [0.2, 0.25) is 0 Å². The molecule has 0 aromatic carbocycles. The SMILES string of the molecule is CC(C)(C)OC(=O)NC1CCC(C(=O)OC=O)CC1. The van der Waals surface area contributed by atoms with Gasteiger partial charge in [0.2, 0.25) is 0 Å². The van der Waals surface area contributed by atoms with E-state index in [2.05, 4.69) is 10.1 Å². The number of amides is 1. The molecule has 0 saturated heterocycles. The second kappa shape index (κ2) is 6.54. The summed E-state index contributed by atoms with van der Waals surface area (Å²) in [6.07, 6.45) is 2.13. The van der Waals surface area contributed by atoms with Gasteiger partial charge in [-0.2, -0.15) is 0 Å². The van der Waals surface area contributed by atoms with Crippen LogP contribution in [0.1, 0.15) is 46.5 Å². The molecule has 0 aliphatic heterocycles. The van der Waals surface area contributed by atoms with E-state index < -0.39 is 17.7 Å². The van der Waals surface area contributed by atoms with Crippen molar-refractivity contribution in [2.75, 3.05) is 0 Å². The third-order valence-electron chi connectivity index (χ3n) is 2.95. The standard InChI is InChI=1S/C13H21NO5/c1-13(2,3)19-12(17)14-10-6-4-9(5-7-10)11(16)18-8-15/h8-10H,4-7H2,1-3H3,(H,14,17). The summed E-state index contributed by atoms with van der Waals surface area (Å²) in [5.74, 6) is -0.729. The summed E-state index contributed by atoms with van der Waals surface area (Å²) < 4.78 is 9.50. The molecule has 0 atom stereocenters. The van der Waals surface area contributed by atoms with Crippen LogP contribution in [0.5, 0.6) is 0 Å². The minimum Gasteiger partial charge on any atom is -0.444 e. The van der Waals surface area contributed by atoms with Gasteiger partial charge in [-0.1, -0.05) is 0 Å². The van der Waals surface area contributed by atoms with Crippen LogP contribution in [0, 0.1) is 5.92 Å². The number of hydrogen-bond acceptors (Lipinski definition) is 5. The van der Waals surface area contributed by atoms with E-state index in [1.807, 2.05) is 0 Å². The van der Waals surface area contributed by atoms with Crippen LogP contribution in [-0.4, -0.2) is 30.2 Å². The Hall–Kier alpha value is -1.59. The number of carbonyl (C=O) groups excluding carboxylic acids is 3. The lowest BCUT2D eigenvalue weighted by Crippen LogP contribution is -2.41. The zero-order valence-electron chi connectivity index (χ0n) is 11.6. The van der Waals surface area contributed by atoms with E-state index in [0.717, 1.165) is 0 Å². The Morgan fingerprint density at radius 1 is 1.16 bits per heavy atom. The predicted octanol–water partition coefficient (Wildman–Crippen LogP) is 1.77. The number of ether oxygens (including phenoxy) is 2. The normalized spacial score (nSPS) is 23.3. The number of esters is 1. The van der Waals surface area contributed by atoms with Gasteiger partial charge in [-0.25, -0.2) is 4.79 Å². The Bertz CT molecular complexity index is 339. The first kappa shape index (κ1) is 15.5. The summed E-state index contributed by atoms with van der Waals surface area (Å²) in [6, 6.07) is 0.00938. The van der Waals surface area contributed by atoms with Crippen LogP contribution >= 0.6 is 0 Å². The van der Waals surface area contributed by atoms with Gasteiger partial charge in [-0.05, 0) is 46.5 Å². The van der Waals surface area contributed by atoms with Crippen molar-refractivity contribution in [3.63, 3.8) is 0 Å². The molecule has 1 aliphatic carbocycles. The molecule has 0 unspecified atom stereocenters. The van der Waals surface area contributed by atoms with Gasteiger partial charge in [0, 0.05) is 6.04 Å². The maximum atomic E-state index is 11.6. The highest BCUT2D eigenvalue weighted by Crippen LogP contribution is 2.25. The van der Waals surface area contributed by atoms with Crippen molar-refractivity contribution in [2.45, 2.75) is 58.1 Å². The molecule has 0 bridgehead atoms. The zero-order chi connectivity index (χ0) is 14.5. The van der Waals surface area contributed by atoms with Gasteiger partial charge in [0.05, 0.1) is 5.92 Å². The van der Waals surface area contributed by atoms with Crippen molar-refractivity contribution < 1.29 is 23.9 Å². The van der Waals surface area contributed by atoms with E-state index in [1.165, 1.54) is 0 Å². The Balaban J connectivity index is 2.32. The lowest BCUT2D eigenvalue weighted by atomic mass is 9.86. The fourth-order valence-electron chi connectivity index (χ4n) is 2.09. The molecule has 1 rings (SSSR count). The second-order valence-electron chi connectivity index (χ2n) is 5.73. The molecule has 1 amide bonds. The zero-order valence-corrected chi connectivity index (χ0v) is 11.6. The number of alkyl carbamates (subject to hydrolysis) is 1. The molecule has 6 nitrogen and oxygen atoms in total. The van der Waals surface area contributed by atoms with E-state index >= 15 is 0 Å². The highest BCUT2D eigenvalue weighted by Gasteiger charge is 2.29. The van der Waals surface area contributed by atoms with E-state index in [-0.39, 0.29) is 18.4 Å². The Kier molecular flexibility index (Phi) is 5.32. The topological polar surface area (TPSA) is 81.7 Å². The van der Waals surface area contributed by atoms with Crippen LogP contribution in [0.15, 0.2) is 0 Å². The molecule has 108 valence electrons. The van der Waals surface area contributed by atoms with Crippen molar-refractivity contribution in [1.82, 2.24) is 5.32 Å². The summed E-state index contributed by atoms with van der Waals surface area (Å²) in [4.78, 5) is 33.0. The van der Waals surface area contributed by atoms with E-state index in [9.17, 15) is 14.4 Å². The first-order valence-corrected chi connectivity index (χ1v) is 6.45. The maximum Gasteiger partial charge on any atom is 0.407 e. The van der Waals surface area contributed by atoms with Gasteiger partial charge in [-0.15, -0.1) is 0 Å². The van der Waals surface area contributed by atoms with Crippen molar-refractivity contribution in [2.24, 2.45) is 5.92 Å². The average molecular weight is 271 g/mol. The van der Waals surface area contributed by atoms with Gasteiger partial charge in [0.1, 0.15) is 5.60 Å². The molecule has 0 aromatic heterocycles. The van der Waals surface area contributed by atoms with Gasteiger partial charge >= 0.3 is 18.5 Å². The fraction of sp³-hybridized carbons (Fsp3) is 0.769. The molecular weight excluding hydrogens is 250 g/mol. The highest BCUT2D eigenvalue weighted by atomic mass is 16.6. The monoisotopic (exact) mass is 271 g/mol. The summed E-state index contributed by atoms with van der Waals surface area (Å²) in [5.41, 5.74) is -0.519. The van der Waals surface area contributed by atoms with Crippen molar-refractivity contribution in [3.8, 4) is 0 Å². The summed E-state index contributed by atoms with van der Waals surface area (Å²) in [5, 5.41) is 2.78. The van der Waals surface area contributed by atoms with E-state index in [4.69, 9.17) is 4.74 Å². The molecule has 1 aliphatic rings. The summed E-state index contributed by atoms with van der Waals surface area (Å²) in [7, 11) is 0. The maximum absolute atomic E-state index is 11.6. The number of hydrogen-bond donors (Lipinski definition) is 1. The van der Waals surface area contributed by atoms with Gasteiger partial charge < -0.3 is 14.8 Å². The van der Waals surface area contributed by atoms with Crippen molar-refractivity contribution >= 4 is 18.5 Å². The van der Waals surface area contributed by atoms with Crippen molar-refractivity contribution in [1.29, 1.82) is 0 Å². The minimum atomic E-state index is -0.519. The highest BCUT2D eigenvalue weighted by molar-refractivity contribution is 5.78. The molecule has 1 saturated carbocycles. The molecule has 0 heterocycles. The van der Waals surface area contributed by atoms with Crippen LogP contribution < -0.4 is 5.32 Å². The molecular formula is C13H21NO5. The van der Waals surface area contributed by atoms with Crippen LogP contribution in [-0.2, 0) is 19.1 Å². The number of rotatable bonds is 3. The largest absolute Gasteiger partial charge is 0.444 e. The van der Waals surface area contributed by atoms with E-state index in [0.29, 0.717) is 25.7 Å². The smallest absolute Gasteiger partial charge is 0.407 e. The van der Waals surface area contributed by atoms with Gasteiger partial charge in [0.15, 0.2) is 0 Å². The van der Waals surface area contributed by atoms with Crippen LogP contribution in [0.25, 0.3) is 0 Å². The third-order valence-corrected chi connectivity index (χ3v) is 2.95.